The summed E-state index contributed by atoms with van der Waals surface area (Å²) in [6.45, 7) is 3.85. The third-order valence-electron chi connectivity index (χ3n) is 5.57. The van der Waals surface area contributed by atoms with Gasteiger partial charge in [0.15, 0.2) is 5.16 Å². The Labute approximate surface area is 165 Å². The third-order valence-corrected chi connectivity index (χ3v) is 6.15. The van der Waals surface area contributed by atoms with Gasteiger partial charge in [-0.15, -0.1) is 0 Å². The van der Waals surface area contributed by atoms with Crippen molar-refractivity contribution >= 4 is 23.6 Å². The SMILES string of the molecule is CSc1ncc(C(=O)N2CCC[C@@]3(CCC(=O)N(CCN(C)C)C3)C2)cn1. The zero-order valence-corrected chi connectivity index (χ0v) is 17.3. The first-order chi connectivity index (χ1) is 12.9. The molecular formula is C19H29N5O2S. The first-order valence-corrected chi connectivity index (χ1v) is 10.7. The van der Waals surface area contributed by atoms with Crippen LogP contribution in [0.4, 0.5) is 0 Å². The molecule has 0 aliphatic carbocycles. The van der Waals surface area contributed by atoms with Gasteiger partial charge >= 0.3 is 0 Å². The van der Waals surface area contributed by atoms with Crippen molar-refractivity contribution in [2.24, 2.45) is 5.41 Å². The van der Waals surface area contributed by atoms with Crippen molar-refractivity contribution < 1.29 is 9.59 Å². The van der Waals surface area contributed by atoms with E-state index >= 15 is 0 Å². The average molecular weight is 392 g/mol. The van der Waals surface area contributed by atoms with E-state index in [9.17, 15) is 9.59 Å². The van der Waals surface area contributed by atoms with Gasteiger partial charge in [0.2, 0.25) is 5.91 Å². The summed E-state index contributed by atoms with van der Waals surface area (Å²) < 4.78 is 0. The highest BCUT2D eigenvalue weighted by atomic mass is 32.2. The van der Waals surface area contributed by atoms with Gasteiger partial charge in [0.25, 0.3) is 5.91 Å². The largest absolute Gasteiger partial charge is 0.341 e. The quantitative estimate of drug-likeness (QED) is 0.561. The normalized spacial score (nSPS) is 23.3. The molecule has 0 saturated carbocycles. The summed E-state index contributed by atoms with van der Waals surface area (Å²) in [5.41, 5.74) is 0.565. The standard InChI is InChI=1S/C19H29N5O2S/c1-22(2)9-10-23-13-19(7-5-16(23)25)6-4-8-24(14-19)17(26)15-11-20-18(27-3)21-12-15/h11-12H,4-10,13-14H2,1-3H3/t19-/m0/s1. The Balaban J connectivity index is 1.68. The van der Waals surface area contributed by atoms with E-state index in [-0.39, 0.29) is 17.2 Å². The van der Waals surface area contributed by atoms with Gasteiger partial charge in [-0.3, -0.25) is 9.59 Å². The molecule has 2 aliphatic rings. The highest BCUT2D eigenvalue weighted by Crippen LogP contribution is 2.39. The van der Waals surface area contributed by atoms with Gasteiger partial charge in [-0.2, -0.15) is 0 Å². The first kappa shape index (κ1) is 20.1. The monoisotopic (exact) mass is 391 g/mol. The smallest absolute Gasteiger partial charge is 0.257 e. The van der Waals surface area contributed by atoms with E-state index in [2.05, 4.69) is 14.9 Å². The molecule has 2 saturated heterocycles. The van der Waals surface area contributed by atoms with Crippen LogP contribution in [0.15, 0.2) is 17.6 Å². The molecular weight excluding hydrogens is 362 g/mol. The molecule has 1 spiro atoms. The Morgan fingerprint density at radius 1 is 1.26 bits per heavy atom. The number of amides is 2. The van der Waals surface area contributed by atoms with E-state index in [0.717, 1.165) is 45.4 Å². The number of carbonyl (C=O) groups excluding carboxylic acids is 2. The second-order valence-electron chi connectivity index (χ2n) is 7.91. The number of hydrogen-bond donors (Lipinski definition) is 0. The van der Waals surface area contributed by atoms with Gasteiger partial charge in [-0.25, -0.2) is 9.97 Å². The van der Waals surface area contributed by atoms with Gasteiger partial charge in [-0.1, -0.05) is 11.8 Å². The van der Waals surface area contributed by atoms with Crippen molar-refractivity contribution in [1.82, 2.24) is 24.7 Å². The number of rotatable bonds is 5. The van der Waals surface area contributed by atoms with E-state index in [1.807, 2.05) is 30.2 Å². The van der Waals surface area contributed by atoms with E-state index in [4.69, 9.17) is 0 Å². The highest BCUT2D eigenvalue weighted by molar-refractivity contribution is 7.98. The van der Waals surface area contributed by atoms with Crippen molar-refractivity contribution in [2.75, 3.05) is 53.1 Å². The second-order valence-corrected chi connectivity index (χ2v) is 8.68. The van der Waals surface area contributed by atoms with Crippen LogP contribution in [0.5, 0.6) is 0 Å². The molecule has 1 atom stereocenters. The number of thioether (sulfide) groups is 1. The molecule has 0 aromatic carbocycles. The lowest BCUT2D eigenvalue weighted by Crippen LogP contribution is -2.55. The van der Waals surface area contributed by atoms with Crippen molar-refractivity contribution in [3.63, 3.8) is 0 Å². The number of nitrogens with zero attached hydrogens (tertiary/aromatic N) is 5. The Bertz CT molecular complexity index is 681. The maximum absolute atomic E-state index is 12.9. The lowest BCUT2D eigenvalue weighted by molar-refractivity contribution is -0.139. The van der Waals surface area contributed by atoms with Crippen LogP contribution < -0.4 is 0 Å². The first-order valence-electron chi connectivity index (χ1n) is 9.50. The molecule has 0 radical (unpaired) electrons. The number of carbonyl (C=O) groups is 2. The van der Waals surface area contributed by atoms with Crippen molar-refractivity contribution in [2.45, 2.75) is 30.8 Å². The summed E-state index contributed by atoms with van der Waals surface area (Å²) in [5, 5.41) is 0.670. The maximum atomic E-state index is 12.9. The molecule has 0 N–H and O–H groups in total. The fourth-order valence-electron chi connectivity index (χ4n) is 4.06. The molecule has 2 aliphatic heterocycles. The maximum Gasteiger partial charge on any atom is 0.257 e. The lowest BCUT2D eigenvalue weighted by atomic mass is 9.73. The molecule has 3 heterocycles. The molecule has 1 aromatic rings. The van der Waals surface area contributed by atoms with Crippen LogP contribution in [0.3, 0.4) is 0 Å². The molecule has 0 bridgehead atoms. The lowest BCUT2D eigenvalue weighted by Gasteiger charge is -2.48. The fourth-order valence-corrected chi connectivity index (χ4v) is 4.37. The van der Waals surface area contributed by atoms with Crippen LogP contribution in [-0.2, 0) is 4.79 Å². The van der Waals surface area contributed by atoms with E-state index in [0.29, 0.717) is 23.7 Å². The Kier molecular flexibility index (Phi) is 6.37. The number of aromatic nitrogens is 2. The highest BCUT2D eigenvalue weighted by Gasteiger charge is 2.42. The van der Waals surface area contributed by atoms with Crippen LogP contribution in [0.25, 0.3) is 0 Å². The second kappa shape index (κ2) is 8.56. The number of hydrogen-bond acceptors (Lipinski definition) is 6. The van der Waals surface area contributed by atoms with Gasteiger partial charge < -0.3 is 14.7 Å². The molecule has 3 rings (SSSR count). The van der Waals surface area contributed by atoms with Crippen LogP contribution in [0.1, 0.15) is 36.0 Å². The Hall–Kier alpha value is -1.67. The Morgan fingerprint density at radius 3 is 2.67 bits per heavy atom. The minimum Gasteiger partial charge on any atom is -0.341 e. The number of piperidine rings is 2. The topological polar surface area (TPSA) is 69.6 Å². The fraction of sp³-hybridized carbons (Fsp3) is 0.684. The summed E-state index contributed by atoms with van der Waals surface area (Å²) in [6.07, 6.45) is 8.66. The van der Waals surface area contributed by atoms with Crippen molar-refractivity contribution in [1.29, 1.82) is 0 Å². The number of likely N-dealkylation sites (N-methyl/N-ethyl adjacent to an activating group) is 1. The average Bonchev–Trinajstić information content (AvgIpc) is 2.68. The Morgan fingerprint density at radius 2 is 2.00 bits per heavy atom. The third kappa shape index (κ3) is 4.79. The zero-order valence-electron chi connectivity index (χ0n) is 16.5. The minimum absolute atomic E-state index is 0.00142. The molecule has 2 amide bonds. The van der Waals surface area contributed by atoms with Crippen LogP contribution >= 0.6 is 11.8 Å². The summed E-state index contributed by atoms with van der Waals surface area (Å²) in [5.74, 6) is 0.241. The molecule has 2 fully saturated rings. The summed E-state index contributed by atoms with van der Waals surface area (Å²) in [6, 6.07) is 0. The van der Waals surface area contributed by atoms with E-state index in [1.165, 1.54) is 11.8 Å². The summed E-state index contributed by atoms with van der Waals surface area (Å²) in [7, 11) is 4.05. The van der Waals surface area contributed by atoms with Crippen LogP contribution in [0, 0.1) is 5.41 Å². The predicted molar refractivity (Wildman–Crippen MR) is 106 cm³/mol. The van der Waals surface area contributed by atoms with Gasteiger partial charge in [0.05, 0.1) is 5.56 Å². The molecule has 8 heteroatoms. The van der Waals surface area contributed by atoms with Gasteiger partial charge in [0.1, 0.15) is 0 Å². The minimum atomic E-state index is -0.00142. The molecule has 0 unspecified atom stereocenters. The predicted octanol–water partition coefficient (Wildman–Crippen LogP) is 1.60. The van der Waals surface area contributed by atoms with Crippen LogP contribution in [0.2, 0.25) is 0 Å². The van der Waals surface area contributed by atoms with E-state index < -0.39 is 0 Å². The molecule has 1 aromatic heterocycles. The van der Waals surface area contributed by atoms with Gasteiger partial charge in [-0.05, 0) is 39.6 Å². The summed E-state index contributed by atoms with van der Waals surface area (Å²) >= 11 is 1.46. The summed E-state index contributed by atoms with van der Waals surface area (Å²) in [4.78, 5) is 39.8. The van der Waals surface area contributed by atoms with Crippen molar-refractivity contribution in [3.05, 3.63) is 18.0 Å². The molecule has 148 valence electrons. The number of likely N-dealkylation sites (tertiary alicyclic amines) is 2. The molecule has 7 nitrogen and oxygen atoms in total. The zero-order chi connectivity index (χ0) is 19.4. The van der Waals surface area contributed by atoms with Crippen molar-refractivity contribution in [3.8, 4) is 0 Å². The molecule has 27 heavy (non-hydrogen) atoms. The van der Waals surface area contributed by atoms with E-state index in [1.54, 1.807) is 12.4 Å². The van der Waals surface area contributed by atoms with Crippen LogP contribution in [-0.4, -0.2) is 89.6 Å². The van der Waals surface area contributed by atoms with Gasteiger partial charge in [0, 0.05) is 57.0 Å².